The number of aryl methyl sites for hydroxylation is 1. The summed E-state index contributed by atoms with van der Waals surface area (Å²) in [4.78, 5) is 0. The van der Waals surface area contributed by atoms with Gasteiger partial charge < -0.3 is 5.32 Å². The number of rotatable bonds is 3. The van der Waals surface area contributed by atoms with E-state index in [1.165, 1.54) is 12.1 Å². The van der Waals surface area contributed by atoms with E-state index < -0.39 is 0 Å². The quantitative estimate of drug-likeness (QED) is 0.889. The number of nitrogens with zero attached hydrogens (tertiary/aromatic N) is 1. The van der Waals surface area contributed by atoms with Crippen LogP contribution in [0.1, 0.15) is 16.7 Å². The number of nitriles is 1. The van der Waals surface area contributed by atoms with Crippen LogP contribution in [0.3, 0.4) is 0 Å². The van der Waals surface area contributed by atoms with E-state index in [0.717, 1.165) is 16.8 Å². The van der Waals surface area contributed by atoms with Crippen molar-refractivity contribution in [3.8, 4) is 6.07 Å². The van der Waals surface area contributed by atoms with Crippen molar-refractivity contribution in [1.29, 1.82) is 5.26 Å². The molecular formula is C15H13FN2. The molecule has 0 aliphatic rings. The Bertz CT molecular complexity index is 582. The average Bonchev–Trinajstić information content (AvgIpc) is 2.39. The summed E-state index contributed by atoms with van der Waals surface area (Å²) in [5.41, 5.74) is 3.74. The van der Waals surface area contributed by atoms with E-state index in [-0.39, 0.29) is 5.82 Å². The van der Waals surface area contributed by atoms with Gasteiger partial charge in [0.2, 0.25) is 0 Å². The third-order valence-electron chi connectivity index (χ3n) is 2.80. The van der Waals surface area contributed by atoms with Gasteiger partial charge in [0.1, 0.15) is 5.82 Å². The fourth-order valence-electron chi connectivity index (χ4n) is 1.73. The Kier molecular flexibility index (Phi) is 3.59. The van der Waals surface area contributed by atoms with Crippen molar-refractivity contribution in [2.45, 2.75) is 13.5 Å². The zero-order chi connectivity index (χ0) is 13.0. The molecule has 2 nitrogen and oxygen atoms in total. The summed E-state index contributed by atoms with van der Waals surface area (Å²) in [7, 11) is 0. The van der Waals surface area contributed by atoms with Gasteiger partial charge in [-0.15, -0.1) is 0 Å². The molecule has 0 aliphatic carbocycles. The second kappa shape index (κ2) is 5.33. The van der Waals surface area contributed by atoms with Gasteiger partial charge in [-0.2, -0.15) is 5.26 Å². The highest BCUT2D eigenvalue weighted by atomic mass is 19.1. The lowest BCUT2D eigenvalue weighted by Crippen LogP contribution is -2.01. The molecular weight excluding hydrogens is 227 g/mol. The van der Waals surface area contributed by atoms with Gasteiger partial charge in [-0.1, -0.05) is 6.07 Å². The highest BCUT2D eigenvalue weighted by Gasteiger charge is 2.00. The van der Waals surface area contributed by atoms with Crippen molar-refractivity contribution in [2.24, 2.45) is 0 Å². The number of hydrogen-bond acceptors (Lipinski definition) is 2. The molecule has 0 bridgehead atoms. The van der Waals surface area contributed by atoms with Crippen LogP contribution < -0.4 is 5.32 Å². The van der Waals surface area contributed by atoms with Crippen molar-refractivity contribution in [2.75, 3.05) is 5.32 Å². The first kappa shape index (κ1) is 12.1. The Labute approximate surface area is 106 Å². The molecule has 1 N–H and O–H groups in total. The Hall–Kier alpha value is -2.34. The average molecular weight is 240 g/mol. The summed E-state index contributed by atoms with van der Waals surface area (Å²) in [6.07, 6.45) is 0. The fourth-order valence-corrected chi connectivity index (χ4v) is 1.73. The lowest BCUT2D eigenvalue weighted by molar-refractivity contribution is 0.628. The van der Waals surface area contributed by atoms with Gasteiger partial charge in [0.05, 0.1) is 11.6 Å². The molecule has 2 aromatic carbocycles. The Morgan fingerprint density at radius 2 is 1.89 bits per heavy atom. The van der Waals surface area contributed by atoms with Crippen molar-refractivity contribution in [1.82, 2.24) is 0 Å². The summed E-state index contributed by atoms with van der Waals surface area (Å²) < 4.78 is 12.7. The van der Waals surface area contributed by atoms with E-state index in [1.54, 1.807) is 18.2 Å². The van der Waals surface area contributed by atoms with Gasteiger partial charge >= 0.3 is 0 Å². The van der Waals surface area contributed by atoms with Gasteiger partial charge in [-0.05, 0) is 54.4 Å². The minimum absolute atomic E-state index is 0.241. The molecule has 0 saturated heterocycles. The highest BCUT2D eigenvalue weighted by molar-refractivity contribution is 5.45. The Balaban J connectivity index is 2.06. The normalized spacial score (nSPS) is 9.83. The number of hydrogen-bond donors (Lipinski definition) is 1. The van der Waals surface area contributed by atoms with Crippen molar-refractivity contribution < 1.29 is 4.39 Å². The standard InChI is InChI=1S/C15H13FN2/c1-11-8-12(9-17)2-3-13(11)10-18-15-6-4-14(16)5-7-15/h2-8,18H,10H2,1H3. The molecule has 0 fully saturated rings. The van der Waals surface area contributed by atoms with E-state index in [1.807, 2.05) is 19.1 Å². The van der Waals surface area contributed by atoms with Gasteiger partial charge in [-0.25, -0.2) is 4.39 Å². The Morgan fingerprint density at radius 1 is 1.17 bits per heavy atom. The minimum Gasteiger partial charge on any atom is -0.381 e. The number of anilines is 1. The molecule has 0 aromatic heterocycles. The van der Waals surface area contributed by atoms with E-state index in [9.17, 15) is 4.39 Å². The molecule has 0 unspecified atom stereocenters. The third-order valence-corrected chi connectivity index (χ3v) is 2.80. The summed E-state index contributed by atoms with van der Waals surface area (Å²) in [6.45, 7) is 2.63. The second-order valence-electron chi connectivity index (χ2n) is 4.11. The van der Waals surface area contributed by atoms with Crippen LogP contribution in [0, 0.1) is 24.1 Å². The molecule has 90 valence electrons. The van der Waals surface area contributed by atoms with Gasteiger partial charge in [0.15, 0.2) is 0 Å². The molecule has 0 heterocycles. The maximum absolute atomic E-state index is 12.7. The number of benzene rings is 2. The summed E-state index contributed by atoms with van der Waals surface area (Å²) >= 11 is 0. The maximum Gasteiger partial charge on any atom is 0.123 e. The van der Waals surface area contributed by atoms with Crippen LogP contribution in [0.25, 0.3) is 0 Å². The first-order valence-corrected chi connectivity index (χ1v) is 5.68. The van der Waals surface area contributed by atoms with Crippen LogP contribution in [0.5, 0.6) is 0 Å². The van der Waals surface area contributed by atoms with Crippen molar-refractivity contribution in [3.63, 3.8) is 0 Å². The largest absolute Gasteiger partial charge is 0.381 e. The predicted octanol–water partition coefficient (Wildman–Crippen LogP) is 3.62. The predicted molar refractivity (Wildman–Crippen MR) is 69.6 cm³/mol. The molecule has 3 heteroatoms. The summed E-state index contributed by atoms with van der Waals surface area (Å²) in [5.74, 6) is -0.241. The van der Waals surface area contributed by atoms with E-state index >= 15 is 0 Å². The molecule has 0 aliphatic heterocycles. The van der Waals surface area contributed by atoms with Crippen molar-refractivity contribution in [3.05, 3.63) is 65.0 Å². The minimum atomic E-state index is -0.241. The van der Waals surface area contributed by atoms with E-state index in [0.29, 0.717) is 12.1 Å². The van der Waals surface area contributed by atoms with Crippen molar-refractivity contribution >= 4 is 5.69 Å². The van der Waals surface area contributed by atoms with Crippen LogP contribution >= 0.6 is 0 Å². The second-order valence-corrected chi connectivity index (χ2v) is 4.11. The topological polar surface area (TPSA) is 35.8 Å². The SMILES string of the molecule is Cc1cc(C#N)ccc1CNc1ccc(F)cc1. The molecule has 0 atom stereocenters. The van der Waals surface area contributed by atoms with Gasteiger partial charge in [-0.3, -0.25) is 0 Å². The first-order valence-electron chi connectivity index (χ1n) is 5.68. The monoisotopic (exact) mass is 240 g/mol. The first-order chi connectivity index (χ1) is 8.69. The lowest BCUT2D eigenvalue weighted by atomic mass is 10.1. The number of halogens is 1. The maximum atomic E-state index is 12.7. The Morgan fingerprint density at radius 3 is 2.50 bits per heavy atom. The smallest absolute Gasteiger partial charge is 0.123 e. The van der Waals surface area contributed by atoms with E-state index in [4.69, 9.17) is 5.26 Å². The molecule has 0 spiro atoms. The molecule has 0 radical (unpaired) electrons. The summed E-state index contributed by atoms with van der Waals surface area (Å²) in [5, 5.41) is 12.0. The third kappa shape index (κ3) is 2.86. The highest BCUT2D eigenvalue weighted by Crippen LogP contribution is 2.14. The molecule has 0 saturated carbocycles. The van der Waals surface area contributed by atoms with Crippen LogP contribution in [-0.2, 0) is 6.54 Å². The molecule has 18 heavy (non-hydrogen) atoms. The van der Waals surface area contributed by atoms with Crippen LogP contribution in [0.2, 0.25) is 0 Å². The van der Waals surface area contributed by atoms with Crippen LogP contribution in [0.4, 0.5) is 10.1 Å². The fraction of sp³-hybridized carbons (Fsp3) is 0.133. The number of nitrogens with one attached hydrogen (secondary N) is 1. The van der Waals surface area contributed by atoms with E-state index in [2.05, 4.69) is 11.4 Å². The zero-order valence-electron chi connectivity index (χ0n) is 10.1. The lowest BCUT2D eigenvalue weighted by Gasteiger charge is -2.09. The van der Waals surface area contributed by atoms with Gasteiger partial charge in [0, 0.05) is 12.2 Å². The zero-order valence-corrected chi connectivity index (χ0v) is 10.1. The molecule has 2 rings (SSSR count). The van der Waals surface area contributed by atoms with Crippen LogP contribution in [0.15, 0.2) is 42.5 Å². The molecule has 0 amide bonds. The summed E-state index contributed by atoms with van der Waals surface area (Å²) in [6, 6.07) is 14.0. The van der Waals surface area contributed by atoms with Gasteiger partial charge in [0.25, 0.3) is 0 Å². The molecule has 2 aromatic rings. The van der Waals surface area contributed by atoms with Crippen LogP contribution in [-0.4, -0.2) is 0 Å².